The normalized spacial score (nSPS) is 17.7. The molecule has 1 saturated heterocycles. The van der Waals surface area contributed by atoms with Gasteiger partial charge in [-0.05, 0) is 42.9 Å². The number of fused-ring (bicyclic) bond motifs is 1. The number of carbonyl (C=O) groups excluding carboxylic acids is 3. The molecular weight excluding hydrogens is 478 g/mol. The fourth-order valence-corrected chi connectivity index (χ4v) is 5.80. The number of carbonyl (C=O) groups is 3. The van der Waals surface area contributed by atoms with Crippen molar-refractivity contribution in [1.29, 1.82) is 0 Å². The third kappa shape index (κ3) is 4.71. The quantitative estimate of drug-likeness (QED) is 0.522. The summed E-state index contributed by atoms with van der Waals surface area (Å²) in [7, 11) is 1.97. The monoisotopic (exact) mass is 513 g/mol. The lowest BCUT2D eigenvalue weighted by Gasteiger charge is -2.35. The maximum atomic E-state index is 13.8. The van der Waals surface area contributed by atoms with Crippen molar-refractivity contribution in [2.75, 3.05) is 6.54 Å². The van der Waals surface area contributed by atoms with Crippen LogP contribution < -0.4 is 5.32 Å². The zero-order chi connectivity index (χ0) is 27.0. The Kier molecular flexibility index (Phi) is 7.06. The van der Waals surface area contributed by atoms with Gasteiger partial charge < -0.3 is 19.7 Å². The average molecular weight is 514 g/mol. The molecule has 198 valence electrons. The summed E-state index contributed by atoms with van der Waals surface area (Å²) in [6, 6.07) is 14.5. The van der Waals surface area contributed by atoms with Crippen LogP contribution in [-0.2, 0) is 29.7 Å². The van der Waals surface area contributed by atoms with Gasteiger partial charge in [0.25, 0.3) is 5.91 Å². The number of hydrogen-bond acceptors (Lipinski definition) is 4. The number of aryl methyl sites for hydroxylation is 2. The Labute approximate surface area is 223 Å². The molecule has 1 unspecified atom stereocenters. The Bertz CT molecular complexity index is 1340. The molecule has 2 aliphatic rings. The highest BCUT2D eigenvalue weighted by molar-refractivity contribution is 6.01. The number of amides is 3. The van der Waals surface area contributed by atoms with E-state index in [1.807, 2.05) is 80.9 Å². The first-order chi connectivity index (χ1) is 18.3. The maximum absolute atomic E-state index is 13.8. The summed E-state index contributed by atoms with van der Waals surface area (Å²) in [6.45, 7) is 7.23. The van der Waals surface area contributed by atoms with Crippen LogP contribution in [0.15, 0.2) is 54.9 Å². The maximum Gasteiger partial charge on any atom is 0.255 e. The second-order valence-electron chi connectivity index (χ2n) is 10.7. The molecule has 0 saturated carbocycles. The van der Waals surface area contributed by atoms with Crippen molar-refractivity contribution in [1.82, 2.24) is 24.7 Å². The van der Waals surface area contributed by atoms with E-state index >= 15 is 0 Å². The van der Waals surface area contributed by atoms with Crippen LogP contribution in [0.1, 0.15) is 53.9 Å². The van der Waals surface area contributed by atoms with Crippen molar-refractivity contribution in [2.45, 2.75) is 58.8 Å². The number of nitrogens with one attached hydrogen (secondary N) is 1. The second-order valence-corrected chi connectivity index (χ2v) is 10.7. The van der Waals surface area contributed by atoms with E-state index in [4.69, 9.17) is 0 Å². The third-order valence-electron chi connectivity index (χ3n) is 7.72. The van der Waals surface area contributed by atoms with Crippen LogP contribution >= 0.6 is 0 Å². The van der Waals surface area contributed by atoms with Crippen LogP contribution in [-0.4, -0.2) is 55.7 Å². The Balaban J connectivity index is 1.25. The molecule has 0 radical (unpaired) electrons. The second kappa shape index (κ2) is 10.4. The zero-order valence-electron chi connectivity index (χ0n) is 22.5. The van der Waals surface area contributed by atoms with Gasteiger partial charge in [0.1, 0.15) is 12.1 Å². The van der Waals surface area contributed by atoms with Crippen molar-refractivity contribution < 1.29 is 14.4 Å². The molecular formula is C30H35N5O3. The van der Waals surface area contributed by atoms with Gasteiger partial charge in [-0.15, -0.1) is 0 Å². The van der Waals surface area contributed by atoms with E-state index in [1.165, 1.54) is 0 Å². The summed E-state index contributed by atoms with van der Waals surface area (Å²) < 4.78 is 2.00. The van der Waals surface area contributed by atoms with Gasteiger partial charge in [-0.2, -0.15) is 0 Å². The molecule has 5 rings (SSSR count). The molecule has 1 fully saturated rings. The topological polar surface area (TPSA) is 87.5 Å². The first kappa shape index (κ1) is 25.7. The molecule has 38 heavy (non-hydrogen) atoms. The Hall–Kier alpha value is -3.94. The number of aromatic nitrogens is 2. The lowest BCUT2D eigenvalue weighted by Crippen LogP contribution is -2.55. The highest BCUT2D eigenvalue weighted by atomic mass is 16.2. The van der Waals surface area contributed by atoms with E-state index < -0.39 is 12.1 Å². The molecule has 0 bridgehead atoms. The third-order valence-corrected chi connectivity index (χ3v) is 7.72. The van der Waals surface area contributed by atoms with Crippen LogP contribution in [0.3, 0.4) is 0 Å². The first-order valence-corrected chi connectivity index (χ1v) is 13.3. The fourth-order valence-electron chi connectivity index (χ4n) is 5.80. The van der Waals surface area contributed by atoms with Gasteiger partial charge in [0, 0.05) is 37.8 Å². The van der Waals surface area contributed by atoms with Crippen LogP contribution in [0, 0.1) is 12.8 Å². The highest BCUT2D eigenvalue weighted by Gasteiger charge is 2.43. The molecule has 1 N–H and O–H groups in total. The average Bonchev–Trinajstić information content (AvgIpc) is 3.61. The highest BCUT2D eigenvalue weighted by Crippen LogP contribution is 2.30. The van der Waals surface area contributed by atoms with E-state index in [2.05, 4.69) is 10.3 Å². The van der Waals surface area contributed by atoms with E-state index in [0.29, 0.717) is 31.6 Å². The molecule has 2 aromatic carbocycles. The van der Waals surface area contributed by atoms with Crippen LogP contribution in [0.2, 0.25) is 0 Å². The zero-order valence-corrected chi connectivity index (χ0v) is 22.5. The first-order valence-electron chi connectivity index (χ1n) is 13.3. The van der Waals surface area contributed by atoms with Crippen molar-refractivity contribution in [2.24, 2.45) is 13.0 Å². The van der Waals surface area contributed by atoms with Crippen molar-refractivity contribution in [3.63, 3.8) is 0 Å². The van der Waals surface area contributed by atoms with Gasteiger partial charge in [-0.1, -0.05) is 56.3 Å². The predicted octanol–water partition coefficient (Wildman–Crippen LogP) is 3.68. The van der Waals surface area contributed by atoms with E-state index in [0.717, 1.165) is 34.5 Å². The van der Waals surface area contributed by atoms with Gasteiger partial charge >= 0.3 is 0 Å². The molecule has 0 aliphatic carbocycles. The van der Waals surface area contributed by atoms with Crippen LogP contribution in [0.5, 0.6) is 0 Å². The molecule has 2 aliphatic heterocycles. The molecule has 3 heterocycles. The number of benzene rings is 2. The Morgan fingerprint density at radius 3 is 2.50 bits per heavy atom. The summed E-state index contributed by atoms with van der Waals surface area (Å²) in [5.74, 6) is -0.486. The molecule has 3 aromatic rings. The summed E-state index contributed by atoms with van der Waals surface area (Å²) >= 11 is 0. The summed E-state index contributed by atoms with van der Waals surface area (Å²) in [4.78, 5) is 47.9. The number of likely N-dealkylation sites (tertiary alicyclic amines) is 1. The Morgan fingerprint density at radius 2 is 1.84 bits per heavy atom. The summed E-state index contributed by atoms with van der Waals surface area (Å²) in [5.41, 5.74) is 5.70. The standard InChI is InChI=1S/C30H35N5O3/c1-19(2)26(35-17-23-8-5-6-9-24(23)29(35)37)30(38)34-15-7-10-25(34)28(36)31-16-21-11-13-22(14-12-21)27-20(3)32-18-33(27)4/h5-6,8-9,11-14,18-19,25-26H,7,10,15-17H2,1-4H3,(H,31,36)/t25-,26?/m0/s1. The minimum absolute atomic E-state index is 0.0772. The smallest absolute Gasteiger partial charge is 0.255 e. The van der Waals surface area contributed by atoms with E-state index in [9.17, 15) is 14.4 Å². The minimum Gasteiger partial charge on any atom is -0.350 e. The summed E-state index contributed by atoms with van der Waals surface area (Å²) in [6.07, 6.45) is 3.19. The fraction of sp³-hybridized carbons (Fsp3) is 0.400. The molecule has 8 nitrogen and oxygen atoms in total. The molecule has 2 atom stereocenters. The molecule has 3 amide bonds. The van der Waals surface area contributed by atoms with Gasteiger partial charge in [0.05, 0.1) is 17.7 Å². The van der Waals surface area contributed by atoms with Crippen LogP contribution in [0.4, 0.5) is 0 Å². The SMILES string of the molecule is Cc1ncn(C)c1-c1ccc(CNC(=O)[C@@H]2CCCN2C(=O)C(C(C)C)N2Cc3ccccc3C2=O)cc1. The Morgan fingerprint density at radius 1 is 1.11 bits per heavy atom. The van der Waals surface area contributed by atoms with Crippen molar-refractivity contribution >= 4 is 17.7 Å². The van der Waals surface area contributed by atoms with Gasteiger partial charge in [0.15, 0.2) is 0 Å². The van der Waals surface area contributed by atoms with Gasteiger partial charge in [-0.3, -0.25) is 14.4 Å². The lowest BCUT2D eigenvalue weighted by atomic mass is 10.0. The van der Waals surface area contributed by atoms with Gasteiger partial charge in [-0.25, -0.2) is 4.98 Å². The van der Waals surface area contributed by atoms with E-state index in [1.54, 1.807) is 16.1 Å². The largest absolute Gasteiger partial charge is 0.350 e. The summed E-state index contributed by atoms with van der Waals surface area (Å²) in [5, 5.41) is 3.03. The van der Waals surface area contributed by atoms with E-state index in [-0.39, 0.29) is 23.6 Å². The number of rotatable bonds is 7. The lowest BCUT2D eigenvalue weighted by molar-refractivity contribution is -0.143. The van der Waals surface area contributed by atoms with Crippen molar-refractivity contribution in [3.05, 3.63) is 77.2 Å². The minimum atomic E-state index is -0.605. The van der Waals surface area contributed by atoms with Gasteiger partial charge in [0.2, 0.25) is 11.8 Å². The van der Waals surface area contributed by atoms with Crippen LogP contribution in [0.25, 0.3) is 11.3 Å². The predicted molar refractivity (Wildman–Crippen MR) is 145 cm³/mol. The molecule has 1 aromatic heterocycles. The van der Waals surface area contributed by atoms with Crippen molar-refractivity contribution in [3.8, 4) is 11.3 Å². The molecule has 0 spiro atoms. The number of hydrogen-bond donors (Lipinski definition) is 1. The number of imidazole rings is 1. The number of nitrogens with zero attached hydrogens (tertiary/aromatic N) is 4. The molecule has 8 heteroatoms.